The summed E-state index contributed by atoms with van der Waals surface area (Å²) in [4.78, 5) is 18.9. The summed E-state index contributed by atoms with van der Waals surface area (Å²) in [5, 5.41) is 4.61. The summed E-state index contributed by atoms with van der Waals surface area (Å²) in [6.07, 6.45) is 0. The van der Waals surface area contributed by atoms with Crippen LogP contribution in [0.1, 0.15) is 21.6 Å². The molecule has 4 nitrogen and oxygen atoms in total. The van der Waals surface area contributed by atoms with Gasteiger partial charge in [-0.15, -0.1) is 0 Å². The summed E-state index contributed by atoms with van der Waals surface area (Å²) in [6.45, 7) is 2.00. The lowest BCUT2D eigenvalue weighted by molar-refractivity contribution is 0.103. The van der Waals surface area contributed by atoms with Crippen molar-refractivity contribution < 1.29 is 4.79 Å². The summed E-state index contributed by atoms with van der Waals surface area (Å²) in [6, 6.07) is 31.9. The van der Waals surface area contributed by atoms with Gasteiger partial charge < -0.3 is 5.32 Å². The molecule has 0 saturated carbocycles. The van der Waals surface area contributed by atoms with Gasteiger partial charge in [-0.1, -0.05) is 83.4 Å². The Hall–Kier alpha value is -3.86. The van der Waals surface area contributed by atoms with Crippen LogP contribution in [0.2, 0.25) is 10.0 Å². The van der Waals surface area contributed by atoms with Crippen molar-refractivity contribution in [1.29, 1.82) is 0 Å². The molecular weight excluding hydrogens is 477 g/mol. The van der Waals surface area contributed by atoms with E-state index in [9.17, 15) is 4.79 Å². The minimum absolute atomic E-state index is 0.129. The first-order chi connectivity index (χ1) is 17.0. The van der Waals surface area contributed by atoms with E-state index in [1.165, 1.54) is 0 Å². The quantitative estimate of drug-likeness (QED) is 0.241. The Morgan fingerprint density at radius 2 is 1.37 bits per heavy atom. The van der Waals surface area contributed by atoms with Gasteiger partial charge in [-0.3, -0.25) is 9.36 Å². The van der Waals surface area contributed by atoms with E-state index in [2.05, 4.69) is 5.32 Å². The topological polar surface area (TPSA) is 46.9 Å². The van der Waals surface area contributed by atoms with Crippen LogP contribution in [0.5, 0.6) is 0 Å². The monoisotopic (exact) mass is 497 g/mol. The summed E-state index contributed by atoms with van der Waals surface area (Å²) in [5.41, 5.74) is 5.11. The first-order valence-electron chi connectivity index (χ1n) is 11.1. The number of rotatable bonds is 6. The van der Waals surface area contributed by atoms with Crippen molar-refractivity contribution >= 4 is 40.6 Å². The van der Waals surface area contributed by atoms with Gasteiger partial charge in [-0.25, -0.2) is 4.98 Å². The molecule has 0 unspecified atom stereocenters. The van der Waals surface area contributed by atoms with Crippen LogP contribution in [0.4, 0.5) is 11.6 Å². The first kappa shape index (κ1) is 22.9. The maximum absolute atomic E-state index is 14.0. The molecule has 1 aromatic heterocycles. The van der Waals surface area contributed by atoms with Gasteiger partial charge in [0.2, 0.25) is 11.7 Å². The number of anilines is 2. The first-order valence-corrected chi connectivity index (χ1v) is 11.8. The summed E-state index contributed by atoms with van der Waals surface area (Å²) < 4.78 is 1.84. The van der Waals surface area contributed by atoms with Crippen molar-refractivity contribution in [2.75, 3.05) is 5.32 Å². The zero-order valence-electron chi connectivity index (χ0n) is 18.9. The fourth-order valence-electron chi connectivity index (χ4n) is 3.86. The van der Waals surface area contributed by atoms with Crippen LogP contribution >= 0.6 is 23.2 Å². The molecule has 0 aliphatic carbocycles. The fraction of sp³-hybridized carbons (Fsp3) is 0.0345. The van der Waals surface area contributed by atoms with Crippen LogP contribution in [0.25, 0.3) is 16.9 Å². The highest BCUT2D eigenvalue weighted by molar-refractivity contribution is 6.30. The van der Waals surface area contributed by atoms with Crippen molar-refractivity contribution in [3.05, 3.63) is 130 Å². The zero-order chi connectivity index (χ0) is 24.4. The average molecular weight is 498 g/mol. The molecule has 5 aromatic rings. The number of halogens is 2. The van der Waals surface area contributed by atoms with E-state index in [-0.39, 0.29) is 5.78 Å². The zero-order valence-corrected chi connectivity index (χ0v) is 20.4. The Balaban J connectivity index is 1.76. The molecule has 4 aromatic carbocycles. The van der Waals surface area contributed by atoms with Crippen molar-refractivity contribution in [3.63, 3.8) is 0 Å². The van der Waals surface area contributed by atoms with Crippen molar-refractivity contribution in [1.82, 2.24) is 9.55 Å². The maximum Gasteiger partial charge on any atom is 0.213 e. The van der Waals surface area contributed by atoms with Gasteiger partial charge in [-0.2, -0.15) is 0 Å². The van der Waals surface area contributed by atoms with Crippen molar-refractivity contribution in [3.8, 4) is 16.9 Å². The number of nitrogens with one attached hydrogen (secondary N) is 1. The van der Waals surface area contributed by atoms with E-state index in [1.54, 1.807) is 24.3 Å². The summed E-state index contributed by atoms with van der Waals surface area (Å²) >= 11 is 12.3. The van der Waals surface area contributed by atoms with Gasteiger partial charge in [0.05, 0.1) is 0 Å². The van der Waals surface area contributed by atoms with Crippen LogP contribution in [0, 0.1) is 6.92 Å². The van der Waals surface area contributed by atoms with Crippen LogP contribution in [-0.2, 0) is 0 Å². The molecule has 0 aliphatic rings. The van der Waals surface area contributed by atoms with Gasteiger partial charge in [-0.05, 0) is 55.5 Å². The smallest absolute Gasteiger partial charge is 0.213 e. The maximum atomic E-state index is 14.0. The third kappa shape index (κ3) is 4.85. The molecule has 0 fully saturated rings. The molecule has 35 heavy (non-hydrogen) atoms. The van der Waals surface area contributed by atoms with Gasteiger partial charge >= 0.3 is 0 Å². The predicted octanol–water partition coefficient (Wildman–Crippen LogP) is 8.13. The molecule has 1 heterocycles. The van der Waals surface area contributed by atoms with Gasteiger partial charge in [0.1, 0.15) is 11.4 Å². The number of benzene rings is 4. The molecular formula is C29H21Cl2N3O. The molecule has 1 N–H and O–H groups in total. The molecule has 172 valence electrons. The third-order valence-corrected chi connectivity index (χ3v) is 6.14. The normalized spacial score (nSPS) is 10.8. The number of imidazole rings is 1. The molecule has 0 spiro atoms. The van der Waals surface area contributed by atoms with Crippen LogP contribution in [0.15, 0.2) is 103 Å². The number of aromatic nitrogens is 2. The molecule has 5 rings (SSSR count). The van der Waals surface area contributed by atoms with Crippen LogP contribution < -0.4 is 5.32 Å². The molecule has 6 heteroatoms. The number of carbonyl (C=O) groups is 1. The molecule has 0 bridgehead atoms. The summed E-state index contributed by atoms with van der Waals surface area (Å²) in [7, 11) is 0. The SMILES string of the molecule is Cc1ccc(C(=O)c2c(-c3ccccc3)nc(Nc3ccc(Cl)cc3)n2-c2ccc(Cl)cc2)cc1. The number of hydrogen-bond acceptors (Lipinski definition) is 3. The minimum Gasteiger partial charge on any atom is -0.325 e. The molecule has 0 aliphatic heterocycles. The number of aryl methyl sites for hydroxylation is 1. The van der Waals surface area contributed by atoms with E-state index in [0.29, 0.717) is 32.9 Å². The Kier molecular flexibility index (Phi) is 6.41. The molecule has 0 radical (unpaired) electrons. The minimum atomic E-state index is -0.129. The second-order valence-corrected chi connectivity index (χ2v) is 9.01. The summed E-state index contributed by atoms with van der Waals surface area (Å²) in [5.74, 6) is 0.374. The van der Waals surface area contributed by atoms with Crippen molar-refractivity contribution in [2.24, 2.45) is 0 Å². The lowest BCUT2D eigenvalue weighted by Gasteiger charge is -2.14. The second-order valence-electron chi connectivity index (χ2n) is 8.14. The lowest BCUT2D eigenvalue weighted by Crippen LogP contribution is -2.12. The Morgan fingerprint density at radius 1 is 0.771 bits per heavy atom. The van der Waals surface area contributed by atoms with Crippen LogP contribution in [-0.4, -0.2) is 15.3 Å². The largest absolute Gasteiger partial charge is 0.325 e. The van der Waals surface area contributed by atoms with Gasteiger partial charge in [0, 0.05) is 32.5 Å². The Bertz CT molecular complexity index is 1470. The van der Waals surface area contributed by atoms with E-state index < -0.39 is 0 Å². The van der Waals surface area contributed by atoms with Crippen molar-refractivity contribution in [2.45, 2.75) is 6.92 Å². The average Bonchev–Trinajstić information content (AvgIpc) is 3.25. The highest BCUT2D eigenvalue weighted by Crippen LogP contribution is 2.33. The van der Waals surface area contributed by atoms with E-state index >= 15 is 0 Å². The Morgan fingerprint density at radius 3 is 2.00 bits per heavy atom. The van der Waals surface area contributed by atoms with E-state index in [0.717, 1.165) is 22.5 Å². The Labute approximate surface area is 213 Å². The fourth-order valence-corrected chi connectivity index (χ4v) is 4.11. The molecule has 0 saturated heterocycles. The highest BCUT2D eigenvalue weighted by atomic mass is 35.5. The third-order valence-electron chi connectivity index (χ3n) is 5.64. The predicted molar refractivity (Wildman–Crippen MR) is 143 cm³/mol. The molecule has 0 amide bonds. The van der Waals surface area contributed by atoms with Gasteiger partial charge in [0.15, 0.2) is 0 Å². The van der Waals surface area contributed by atoms with Gasteiger partial charge in [0.25, 0.3) is 0 Å². The number of carbonyl (C=O) groups excluding carboxylic acids is 1. The van der Waals surface area contributed by atoms with Crippen LogP contribution in [0.3, 0.4) is 0 Å². The number of hydrogen-bond donors (Lipinski definition) is 1. The molecule has 0 atom stereocenters. The second kappa shape index (κ2) is 9.79. The standard InChI is InChI=1S/C29H21Cl2N3O/c1-19-7-9-21(10-8-19)28(35)27-26(20-5-3-2-4-6-20)33-29(32-24-15-11-22(30)12-16-24)34(27)25-17-13-23(31)14-18-25/h2-18H,1H3,(H,32,33). The van der Waals surface area contributed by atoms with E-state index in [4.69, 9.17) is 28.2 Å². The number of nitrogens with zero attached hydrogens (tertiary/aromatic N) is 2. The highest BCUT2D eigenvalue weighted by Gasteiger charge is 2.26. The van der Waals surface area contributed by atoms with E-state index in [1.807, 2.05) is 90.4 Å². The lowest BCUT2D eigenvalue weighted by atomic mass is 10.0. The number of ketones is 1.